The van der Waals surface area contributed by atoms with E-state index in [4.69, 9.17) is 11.6 Å². The third-order valence-electron chi connectivity index (χ3n) is 4.96. The van der Waals surface area contributed by atoms with Crippen LogP contribution in [0.4, 0.5) is 0 Å². The Morgan fingerprint density at radius 1 is 1.12 bits per heavy atom. The van der Waals surface area contributed by atoms with Crippen molar-refractivity contribution in [2.24, 2.45) is 5.92 Å². The van der Waals surface area contributed by atoms with E-state index in [0.29, 0.717) is 15.8 Å². The predicted molar refractivity (Wildman–Crippen MR) is 108 cm³/mol. The van der Waals surface area contributed by atoms with Gasteiger partial charge >= 0.3 is 0 Å². The highest BCUT2D eigenvalue weighted by Crippen LogP contribution is 2.30. The van der Waals surface area contributed by atoms with Crippen LogP contribution in [0.2, 0.25) is 5.02 Å². The van der Waals surface area contributed by atoms with E-state index in [1.807, 2.05) is 0 Å². The van der Waals surface area contributed by atoms with E-state index in [1.165, 1.54) is 4.31 Å². The number of halogens is 1. The van der Waals surface area contributed by atoms with Crippen LogP contribution >= 0.6 is 11.6 Å². The van der Waals surface area contributed by atoms with Crippen LogP contribution in [-0.4, -0.2) is 50.8 Å². The average molecular weight is 397 g/mol. The minimum absolute atomic E-state index is 0.0384. The Bertz CT molecular complexity index is 729. The summed E-state index contributed by atoms with van der Waals surface area (Å²) < 4.78 is 27.1. The van der Waals surface area contributed by atoms with E-state index in [2.05, 4.69) is 30.7 Å². The van der Waals surface area contributed by atoms with E-state index in [9.17, 15) is 8.42 Å². The van der Waals surface area contributed by atoms with Gasteiger partial charge in [-0.05, 0) is 70.0 Å². The van der Waals surface area contributed by atoms with E-state index in [-0.39, 0.29) is 6.04 Å². The summed E-state index contributed by atoms with van der Waals surface area (Å²) in [6.07, 6.45) is 4.75. The van der Waals surface area contributed by atoms with Crippen LogP contribution in [0.5, 0.6) is 0 Å². The molecule has 2 rings (SSSR count). The molecular weight excluding hydrogens is 368 g/mol. The Kier molecular flexibility index (Phi) is 7.97. The van der Waals surface area contributed by atoms with Gasteiger partial charge in [-0.1, -0.05) is 30.4 Å². The number of hydrogen-bond acceptors (Lipinski definition) is 3. The zero-order chi connectivity index (χ0) is 19.2. The lowest BCUT2D eigenvalue weighted by atomic mass is 9.86. The van der Waals surface area contributed by atoms with Gasteiger partial charge in [-0.2, -0.15) is 4.31 Å². The maximum Gasteiger partial charge on any atom is 0.243 e. The molecule has 0 aliphatic heterocycles. The van der Waals surface area contributed by atoms with Crippen molar-refractivity contribution < 1.29 is 8.42 Å². The Hall–Kier alpha value is -1.06. The Morgan fingerprint density at radius 3 is 2.31 bits per heavy atom. The van der Waals surface area contributed by atoms with Crippen molar-refractivity contribution in [3.05, 3.63) is 29.3 Å². The quantitative estimate of drug-likeness (QED) is 0.685. The summed E-state index contributed by atoms with van der Waals surface area (Å²) in [7, 11) is 0.294. The first-order valence-corrected chi connectivity index (χ1v) is 11.1. The smallest absolute Gasteiger partial charge is 0.243 e. The first-order chi connectivity index (χ1) is 12.3. The molecule has 1 aliphatic carbocycles. The fourth-order valence-electron chi connectivity index (χ4n) is 3.34. The maximum atomic E-state index is 12.8. The van der Waals surface area contributed by atoms with Crippen molar-refractivity contribution in [3.63, 3.8) is 0 Å². The number of benzene rings is 1. The summed E-state index contributed by atoms with van der Waals surface area (Å²) in [6, 6.07) is 6.40. The van der Waals surface area contributed by atoms with Gasteiger partial charge in [-0.25, -0.2) is 8.42 Å². The van der Waals surface area contributed by atoms with Crippen molar-refractivity contribution in [1.29, 1.82) is 0 Å². The summed E-state index contributed by atoms with van der Waals surface area (Å²) in [6.45, 7) is 4.03. The second-order valence-corrected chi connectivity index (χ2v) is 9.47. The SMILES string of the molecule is CCCN(C)CC#CC1CCC(N(C)S(=O)(=O)c2ccc(Cl)cc2)CC1. The molecule has 0 unspecified atom stereocenters. The van der Waals surface area contributed by atoms with Crippen LogP contribution in [0.1, 0.15) is 39.0 Å². The molecule has 0 amide bonds. The number of hydrogen-bond donors (Lipinski definition) is 0. The minimum atomic E-state index is -3.48. The first-order valence-electron chi connectivity index (χ1n) is 9.25. The molecule has 0 saturated heterocycles. The highest BCUT2D eigenvalue weighted by atomic mass is 35.5. The van der Waals surface area contributed by atoms with Crippen molar-refractivity contribution in [1.82, 2.24) is 9.21 Å². The molecule has 26 heavy (non-hydrogen) atoms. The molecule has 0 aromatic heterocycles. The van der Waals surface area contributed by atoms with Crippen LogP contribution < -0.4 is 0 Å². The Labute approximate surface area is 163 Å². The molecular formula is C20H29ClN2O2S. The van der Waals surface area contributed by atoms with Gasteiger partial charge in [-0.15, -0.1) is 0 Å². The van der Waals surface area contributed by atoms with E-state index < -0.39 is 10.0 Å². The molecule has 4 nitrogen and oxygen atoms in total. The van der Waals surface area contributed by atoms with Gasteiger partial charge in [0.25, 0.3) is 0 Å². The molecule has 144 valence electrons. The first kappa shape index (κ1) is 21.2. The lowest BCUT2D eigenvalue weighted by Gasteiger charge is -2.32. The fraction of sp³-hybridized carbons (Fsp3) is 0.600. The molecule has 1 aliphatic rings. The molecule has 0 radical (unpaired) electrons. The molecule has 0 spiro atoms. The standard InChI is InChI=1S/C20H29ClN2O2S/c1-4-15-22(2)16-5-6-17-7-11-19(12-8-17)23(3)26(24,25)20-13-9-18(21)10-14-20/h9-10,13-14,17,19H,4,7-8,11-12,15-16H2,1-3H3. The monoisotopic (exact) mass is 396 g/mol. The number of rotatable bonds is 6. The Balaban J connectivity index is 1.91. The number of nitrogens with zero attached hydrogens (tertiary/aromatic N) is 2. The van der Waals surface area contributed by atoms with Gasteiger partial charge in [0.15, 0.2) is 0 Å². The van der Waals surface area contributed by atoms with Crippen LogP contribution in [0, 0.1) is 17.8 Å². The topological polar surface area (TPSA) is 40.6 Å². The normalized spacial score (nSPS) is 20.8. The summed E-state index contributed by atoms with van der Waals surface area (Å²) >= 11 is 5.86. The molecule has 0 bridgehead atoms. The highest BCUT2D eigenvalue weighted by Gasteiger charge is 2.31. The summed E-state index contributed by atoms with van der Waals surface area (Å²) in [5, 5.41) is 0.537. The lowest BCUT2D eigenvalue weighted by Crippen LogP contribution is -2.39. The molecule has 1 aromatic carbocycles. The average Bonchev–Trinajstić information content (AvgIpc) is 2.62. The second-order valence-electron chi connectivity index (χ2n) is 7.04. The largest absolute Gasteiger partial charge is 0.295 e. The van der Waals surface area contributed by atoms with Crippen LogP contribution in [-0.2, 0) is 10.0 Å². The third-order valence-corrected chi connectivity index (χ3v) is 7.14. The van der Waals surface area contributed by atoms with E-state index in [0.717, 1.165) is 45.2 Å². The van der Waals surface area contributed by atoms with Gasteiger partial charge in [-0.3, -0.25) is 4.90 Å². The summed E-state index contributed by atoms with van der Waals surface area (Å²) in [5.41, 5.74) is 0. The van der Waals surface area contributed by atoms with Gasteiger partial charge in [0.1, 0.15) is 0 Å². The van der Waals surface area contributed by atoms with Crippen molar-refractivity contribution in [2.75, 3.05) is 27.2 Å². The molecule has 0 heterocycles. The zero-order valence-electron chi connectivity index (χ0n) is 15.9. The van der Waals surface area contributed by atoms with E-state index in [1.54, 1.807) is 31.3 Å². The van der Waals surface area contributed by atoms with E-state index >= 15 is 0 Å². The lowest BCUT2D eigenvalue weighted by molar-refractivity contribution is 0.262. The van der Waals surface area contributed by atoms with Gasteiger partial charge in [0.2, 0.25) is 10.0 Å². The molecule has 1 aromatic rings. The van der Waals surface area contributed by atoms with Crippen molar-refractivity contribution >= 4 is 21.6 Å². The van der Waals surface area contributed by atoms with Crippen molar-refractivity contribution in [2.45, 2.75) is 50.0 Å². The maximum absolute atomic E-state index is 12.8. The molecule has 0 N–H and O–H groups in total. The predicted octanol–water partition coefficient (Wildman–Crippen LogP) is 3.86. The van der Waals surface area contributed by atoms with Crippen LogP contribution in [0.25, 0.3) is 0 Å². The summed E-state index contributed by atoms with van der Waals surface area (Å²) in [4.78, 5) is 2.52. The van der Waals surface area contributed by atoms with Gasteiger partial charge in [0, 0.05) is 24.0 Å². The second kappa shape index (κ2) is 9.75. The molecule has 1 saturated carbocycles. The zero-order valence-corrected chi connectivity index (χ0v) is 17.5. The fourth-order valence-corrected chi connectivity index (χ4v) is 4.88. The molecule has 0 atom stereocenters. The van der Waals surface area contributed by atoms with Gasteiger partial charge in [0.05, 0.1) is 11.4 Å². The number of sulfonamides is 1. The highest BCUT2D eigenvalue weighted by molar-refractivity contribution is 7.89. The minimum Gasteiger partial charge on any atom is -0.295 e. The third kappa shape index (κ3) is 5.72. The molecule has 6 heteroatoms. The summed E-state index contributed by atoms with van der Waals surface area (Å²) in [5.74, 6) is 7.03. The van der Waals surface area contributed by atoms with Crippen LogP contribution in [0.15, 0.2) is 29.2 Å². The van der Waals surface area contributed by atoms with Crippen molar-refractivity contribution in [3.8, 4) is 11.8 Å². The molecule has 1 fully saturated rings. The van der Waals surface area contributed by atoms with Gasteiger partial charge < -0.3 is 0 Å². The van der Waals surface area contributed by atoms with Crippen LogP contribution in [0.3, 0.4) is 0 Å². The Morgan fingerprint density at radius 2 is 1.73 bits per heavy atom.